The van der Waals surface area contributed by atoms with Crippen molar-refractivity contribution in [3.05, 3.63) is 24.3 Å². The van der Waals surface area contributed by atoms with Crippen LogP contribution in [-0.2, 0) is 0 Å². The standard InChI is InChI=1S/C10H12/c1-2-3-4-7-10-8-5-6-9-10/h1,5-6,8-10H,3-4,7H2. The van der Waals surface area contributed by atoms with E-state index < -0.39 is 0 Å². The molecule has 0 aromatic carbocycles. The lowest BCUT2D eigenvalue weighted by molar-refractivity contribution is 0.672. The van der Waals surface area contributed by atoms with E-state index in [0.717, 1.165) is 12.8 Å². The highest BCUT2D eigenvalue weighted by Gasteiger charge is 2.01. The van der Waals surface area contributed by atoms with Crippen molar-refractivity contribution in [2.75, 3.05) is 0 Å². The second-order valence-corrected chi connectivity index (χ2v) is 2.53. The SMILES string of the molecule is C#CCCCC1C=CC=C1. The number of terminal acetylenes is 1. The summed E-state index contributed by atoms with van der Waals surface area (Å²) in [6, 6.07) is 0. The Balaban J connectivity index is 2.10. The number of rotatable bonds is 3. The topological polar surface area (TPSA) is 0 Å². The highest BCUT2D eigenvalue weighted by Crippen LogP contribution is 2.15. The summed E-state index contributed by atoms with van der Waals surface area (Å²) in [5.41, 5.74) is 0. The molecule has 0 spiro atoms. The van der Waals surface area contributed by atoms with E-state index in [-0.39, 0.29) is 0 Å². The van der Waals surface area contributed by atoms with Crippen LogP contribution in [0, 0.1) is 18.3 Å². The molecule has 0 saturated carbocycles. The lowest BCUT2D eigenvalue weighted by Gasteiger charge is -2.00. The van der Waals surface area contributed by atoms with Crippen molar-refractivity contribution in [2.45, 2.75) is 19.3 Å². The monoisotopic (exact) mass is 132 g/mol. The number of unbranched alkanes of at least 4 members (excludes halogenated alkanes) is 1. The quantitative estimate of drug-likeness (QED) is 0.409. The molecule has 0 aromatic rings. The van der Waals surface area contributed by atoms with E-state index in [1.807, 2.05) is 0 Å². The molecule has 0 atom stereocenters. The Morgan fingerprint density at radius 3 is 2.60 bits per heavy atom. The zero-order valence-electron chi connectivity index (χ0n) is 6.09. The molecule has 0 fully saturated rings. The number of allylic oxidation sites excluding steroid dienone is 4. The van der Waals surface area contributed by atoms with E-state index in [2.05, 4.69) is 30.2 Å². The smallest absolute Gasteiger partial charge is 0.00863 e. The molecule has 0 unspecified atom stereocenters. The van der Waals surface area contributed by atoms with E-state index in [9.17, 15) is 0 Å². The van der Waals surface area contributed by atoms with Gasteiger partial charge in [0.2, 0.25) is 0 Å². The van der Waals surface area contributed by atoms with Gasteiger partial charge < -0.3 is 0 Å². The fourth-order valence-electron chi connectivity index (χ4n) is 1.11. The summed E-state index contributed by atoms with van der Waals surface area (Å²) in [6.07, 6.45) is 17.0. The van der Waals surface area contributed by atoms with Gasteiger partial charge in [0.15, 0.2) is 0 Å². The maximum atomic E-state index is 5.13. The fourth-order valence-corrected chi connectivity index (χ4v) is 1.11. The molecule has 0 saturated heterocycles. The van der Waals surface area contributed by atoms with Crippen molar-refractivity contribution in [1.29, 1.82) is 0 Å². The first-order valence-electron chi connectivity index (χ1n) is 3.72. The first kappa shape index (κ1) is 7.15. The van der Waals surface area contributed by atoms with Gasteiger partial charge in [-0.2, -0.15) is 0 Å². The van der Waals surface area contributed by atoms with Gasteiger partial charge in [0, 0.05) is 6.42 Å². The zero-order chi connectivity index (χ0) is 7.23. The van der Waals surface area contributed by atoms with Gasteiger partial charge in [-0.1, -0.05) is 24.3 Å². The molecule has 0 radical (unpaired) electrons. The lowest BCUT2D eigenvalue weighted by atomic mass is 10.0. The van der Waals surface area contributed by atoms with Crippen molar-refractivity contribution >= 4 is 0 Å². The Bertz CT molecular complexity index is 167. The average molecular weight is 132 g/mol. The van der Waals surface area contributed by atoms with Crippen molar-refractivity contribution in [3.63, 3.8) is 0 Å². The van der Waals surface area contributed by atoms with Crippen LogP contribution in [0.2, 0.25) is 0 Å². The molecule has 10 heavy (non-hydrogen) atoms. The number of hydrogen-bond donors (Lipinski definition) is 0. The largest absolute Gasteiger partial charge is 0.120 e. The van der Waals surface area contributed by atoms with E-state index in [1.165, 1.54) is 6.42 Å². The molecule has 0 heteroatoms. The van der Waals surface area contributed by atoms with Crippen LogP contribution in [-0.4, -0.2) is 0 Å². The van der Waals surface area contributed by atoms with Gasteiger partial charge in [-0.3, -0.25) is 0 Å². The van der Waals surface area contributed by atoms with Gasteiger partial charge >= 0.3 is 0 Å². The molecule has 0 aliphatic heterocycles. The van der Waals surface area contributed by atoms with Crippen LogP contribution in [0.3, 0.4) is 0 Å². The third-order valence-corrected chi connectivity index (χ3v) is 1.69. The third-order valence-electron chi connectivity index (χ3n) is 1.69. The summed E-state index contributed by atoms with van der Waals surface area (Å²) >= 11 is 0. The van der Waals surface area contributed by atoms with Crippen LogP contribution < -0.4 is 0 Å². The van der Waals surface area contributed by atoms with Gasteiger partial charge in [-0.15, -0.1) is 12.3 Å². The van der Waals surface area contributed by atoms with Crippen molar-refractivity contribution in [2.24, 2.45) is 5.92 Å². The van der Waals surface area contributed by atoms with Crippen molar-refractivity contribution in [3.8, 4) is 12.3 Å². The summed E-state index contributed by atoms with van der Waals surface area (Å²) in [5, 5.41) is 0. The Hall–Kier alpha value is -0.960. The van der Waals surface area contributed by atoms with Gasteiger partial charge in [0.05, 0.1) is 0 Å². The predicted octanol–water partition coefficient (Wildman–Crippen LogP) is 2.53. The van der Waals surface area contributed by atoms with E-state index >= 15 is 0 Å². The second-order valence-electron chi connectivity index (χ2n) is 2.53. The van der Waals surface area contributed by atoms with Crippen LogP contribution in [0.4, 0.5) is 0 Å². The predicted molar refractivity (Wildman–Crippen MR) is 44.5 cm³/mol. The van der Waals surface area contributed by atoms with Crippen LogP contribution in [0.15, 0.2) is 24.3 Å². The minimum absolute atomic E-state index is 0.661. The van der Waals surface area contributed by atoms with E-state index in [1.54, 1.807) is 0 Å². The number of hydrogen-bond acceptors (Lipinski definition) is 0. The van der Waals surface area contributed by atoms with Crippen LogP contribution >= 0.6 is 0 Å². The normalized spacial score (nSPS) is 15.9. The van der Waals surface area contributed by atoms with Crippen molar-refractivity contribution < 1.29 is 0 Å². The summed E-state index contributed by atoms with van der Waals surface area (Å²) in [5.74, 6) is 3.30. The maximum Gasteiger partial charge on any atom is 0.00863 e. The molecular formula is C10H12. The molecule has 0 aromatic heterocycles. The Morgan fingerprint density at radius 2 is 2.00 bits per heavy atom. The molecule has 1 rings (SSSR count). The highest BCUT2D eigenvalue weighted by molar-refractivity contribution is 5.17. The van der Waals surface area contributed by atoms with Crippen LogP contribution in [0.25, 0.3) is 0 Å². The third kappa shape index (κ3) is 2.11. The molecule has 0 heterocycles. The second kappa shape index (κ2) is 3.95. The Morgan fingerprint density at radius 1 is 1.30 bits per heavy atom. The molecule has 0 amide bonds. The van der Waals surface area contributed by atoms with E-state index in [0.29, 0.717) is 5.92 Å². The van der Waals surface area contributed by atoms with Gasteiger partial charge in [-0.05, 0) is 18.8 Å². The first-order chi connectivity index (χ1) is 4.93. The van der Waals surface area contributed by atoms with Gasteiger partial charge in [-0.25, -0.2) is 0 Å². The summed E-state index contributed by atoms with van der Waals surface area (Å²) in [6.45, 7) is 0. The van der Waals surface area contributed by atoms with Gasteiger partial charge in [0.1, 0.15) is 0 Å². The van der Waals surface area contributed by atoms with Crippen LogP contribution in [0.1, 0.15) is 19.3 Å². The summed E-state index contributed by atoms with van der Waals surface area (Å²) < 4.78 is 0. The molecule has 1 aliphatic rings. The molecule has 52 valence electrons. The lowest BCUT2D eigenvalue weighted by Crippen LogP contribution is -1.87. The molecule has 0 nitrogen and oxygen atoms in total. The zero-order valence-corrected chi connectivity index (χ0v) is 6.09. The Labute approximate surface area is 62.6 Å². The van der Waals surface area contributed by atoms with Gasteiger partial charge in [0.25, 0.3) is 0 Å². The Kier molecular flexibility index (Phi) is 2.83. The molecule has 0 N–H and O–H groups in total. The minimum Gasteiger partial charge on any atom is -0.120 e. The maximum absolute atomic E-state index is 5.13. The molecule has 0 bridgehead atoms. The summed E-state index contributed by atoms with van der Waals surface area (Å²) in [4.78, 5) is 0. The van der Waals surface area contributed by atoms with E-state index in [4.69, 9.17) is 6.42 Å². The van der Waals surface area contributed by atoms with Crippen molar-refractivity contribution in [1.82, 2.24) is 0 Å². The fraction of sp³-hybridized carbons (Fsp3) is 0.400. The molecular weight excluding hydrogens is 120 g/mol. The van der Waals surface area contributed by atoms with Crippen LogP contribution in [0.5, 0.6) is 0 Å². The minimum atomic E-state index is 0.661. The highest BCUT2D eigenvalue weighted by atomic mass is 14.1. The average Bonchev–Trinajstić information content (AvgIpc) is 2.41. The first-order valence-corrected chi connectivity index (χ1v) is 3.72. The molecule has 1 aliphatic carbocycles. The summed E-state index contributed by atoms with van der Waals surface area (Å²) in [7, 11) is 0.